The minimum absolute atomic E-state index is 0.0936. The molecule has 13 nitrogen and oxygen atoms in total. The van der Waals surface area contributed by atoms with E-state index in [4.69, 9.17) is 9.72 Å². The standard InChI is InChI=1S/C27H30FN11O2/c1-16-10-22(36-35-16)33-23-15-38-21(13-30-37-38)25(34-23)18-6-8-27(41-3,9-7-18)26(40)32-17(2)19-4-5-24(29-11-19)39-14-20(28)12-31-39/h4-5,10-15,17-18H,6-9H2,1-3H3,(H,32,40)(H2,33,35,36)/t17-,18-,27+/m0/s1. The fourth-order valence-corrected chi connectivity index (χ4v) is 5.34. The van der Waals surface area contributed by atoms with E-state index in [0.717, 1.165) is 28.7 Å². The lowest BCUT2D eigenvalue weighted by Crippen LogP contribution is -2.50. The number of hydrogen-bond acceptors (Lipinski definition) is 9. The molecule has 14 heteroatoms. The number of pyridine rings is 1. The summed E-state index contributed by atoms with van der Waals surface area (Å²) in [7, 11) is 1.58. The monoisotopic (exact) mass is 559 g/mol. The van der Waals surface area contributed by atoms with Gasteiger partial charge in [-0.15, -0.1) is 5.10 Å². The molecule has 5 heterocycles. The van der Waals surface area contributed by atoms with Crippen LogP contribution in [-0.2, 0) is 9.53 Å². The number of aromatic nitrogens is 9. The number of ether oxygens (including phenoxy) is 1. The van der Waals surface area contributed by atoms with Gasteiger partial charge in [-0.25, -0.2) is 23.6 Å². The summed E-state index contributed by atoms with van der Waals surface area (Å²) in [5.74, 6) is 1.24. The molecule has 5 aromatic heterocycles. The number of carbonyl (C=O) groups is 1. The number of halogens is 1. The summed E-state index contributed by atoms with van der Waals surface area (Å²) >= 11 is 0. The van der Waals surface area contributed by atoms with E-state index in [0.29, 0.717) is 43.1 Å². The van der Waals surface area contributed by atoms with Crippen LogP contribution in [0.4, 0.5) is 16.0 Å². The largest absolute Gasteiger partial charge is 0.368 e. The Morgan fingerprint density at radius 1 is 1.20 bits per heavy atom. The number of carbonyl (C=O) groups excluding carboxylic acids is 1. The number of rotatable bonds is 8. The molecule has 6 rings (SSSR count). The zero-order valence-corrected chi connectivity index (χ0v) is 22.9. The first kappa shape index (κ1) is 26.5. The molecule has 1 fully saturated rings. The van der Waals surface area contributed by atoms with Crippen molar-refractivity contribution in [3.05, 3.63) is 72.0 Å². The van der Waals surface area contributed by atoms with Gasteiger partial charge >= 0.3 is 0 Å². The maximum atomic E-state index is 13.5. The van der Waals surface area contributed by atoms with Crippen LogP contribution in [-0.4, -0.2) is 63.4 Å². The van der Waals surface area contributed by atoms with Gasteiger partial charge in [0.2, 0.25) is 0 Å². The van der Waals surface area contributed by atoms with Crippen LogP contribution in [0.5, 0.6) is 0 Å². The van der Waals surface area contributed by atoms with E-state index < -0.39 is 11.4 Å². The number of nitrogens with zero attached hydrogens (tertiary/aromatic N) is 8. The average Bonchev–Trinajstić information content (AvgIpc) is 3.74. The molecule has 0 saturated heterocycles. The molecule has 3 N–H and O–H groups in total. The lowest BCUT2D eigenvalue weighted by Gasteiger charge is -2.38. The van der Waals surface area contributed by atoms with E-state index in [1.807, 2.05) is 26.0 Å². The lowest BCUT2D eigenvalue weighted by atomic mass is 9.76. The SMILES string of the molecule is CO[C@]1(C(=O)N[C@@H](C)c2ccc(-n3cc(F)cn3)nc2)CC[C@H](c2nc(Nc3cc(C)[nH]n3)cn3nncc23)CC1. The number of H-pyrrole nitrogens is 1. The summed E-state index contributed by atoms with van der Waals surface area (Å²) in [4.78, 5) is 22.8. The summed E-state index contributed by atoms with van der Waals surface area (Å²) in [6.45, 7) is 3.82. The fourth-order valence-electron chi connectivity index (χ4n) is 5.34. The van der Waals surface area contributed by atoms with Gasteiger partial charge in [-0.05, 0) is 51.2 Å². The van der Waals surface area contributed by atoms with E-state index >= 15 is 0 Å². The lowest BCUT2D eigenvalue weighted by molar-refractivity contribution is -0.148. The van der Waals surface area contributed by atoms with Crippen LogP contribution in [0.25, 0.3) is 11.3 Å². The van der Waals surface area contributed by atoms with Crippen LogP contribution in [0.15, 0.2) is 49.2 Å². The van der Waals surface area contributed by atoms with Crippen LogP contribution >= 0.6 is 0 Å². The number of amides is 1. The van der Waals surface area contributed by atoms with Crippen molar-refractivity contribution < 1.29 is 13.9 Å². The van der Waals surface area contributed by atoms with E-state index in [1.165, 1.54) is 10.9 Å². The average molecular weight is 560 g/mol. The molecule has 0 aliphatic heterocycles. The predicted octanol–water partition coefficient (Wildman–Crippen LogP) is 3.54. The molecule has 0 spiro atoms. The van der Waals surface area contributed by atoms with Crippen LogP contribution in [0.1, 0.15) is 61.5 Å². The van der Waals surface area contributed by atoms with E-state index in [9.17, 15) is 9.18 Å². The molecular formula is C27H30FN11O2. The summed E-state index contributed by atoms with van der Waals surface area (Å²) in [5, 5.41) is 25.6. The Hall–Kier alpha value is -4.72. The molecule has 5 aromatic rings. The molecule has 1 saturated carbocycles. The second-order valence-corrected chi connectivity index (χ2v) is 10.4. The van der Waals surface area contributed by atoms with Gasteiger partial charge in [-0.1, -0.05) is 11.3 Å². The second-order valence-electron chi connectivity index (χ2n) is 10.4. The van der Waals surface area contributed by atoms with Crippen molar-refractivity contribution in [1.82, 2.24) is 50.1 Å². The summed E-state index contributed by atoms with van der Waals surface area (Å²) < 4.78 is 22.2. The highest BCUT2D eigenvalue weighted by molar-refractivity contribution is 5.85. The Balaban J connectivity index is 1.14. The van der Waals surface area contributed by atoms with Crippen LogP contribution in [0.2, 0.25) is 0 Å². The molecule has 0 radical (unpaired) electrons. The first-order valence-corrected chi connectivity index (χ1v) is 13.4. The zero-order valence-electron chi connectivity index (χ0n) is 22.9. The first-order chi connectivity index (χ1) is 19.8. The Labute approximate surface area is 234 Å². The molecule has 1 aliphatic rings. The van der Waals surface area contributed by atoms with Gasteiger partial charge in [0.15, 0.2) is 23.3 Å². The van der Waals surface area contributed by atoms with Gasteiger partial charge in [0.05, 0.1) is 36.5 Å². The number of fused-ring (bicyclic) bond motifs is 1. The van der Waals surface area contributed by atoms with Crippen LogP contribution in [0.3, 0.4) is 0 Å². The van der Waals surface area contributed by atoms with Crippen molar-refractivity contribution in [3.8, 4) is 5.82 Å². The quantitative estimate of drug-likeness (QED) is 0.259. The highest BCUT2D eigenvalue weighted by Gasteiger charge is 2.43. The molecule has 1 aliphatic carbocycles. The molecule has 1 amide bonds. The minimum Gasteiger partial charge on any atom is -0.368 e. The third-order valence-corrected chi connectivity index (χ3v) is 7.67. The Morgan fingerprint density at radius 3 is 2.68 bits per heavy atom. The molecule has 212 valence electrons. The predicted molar refractivity (Wildman–Crippen MR) is 146 cm³/mol. The Morgan fingerprint density at radius 2 is 2.02 bits per heavy atom. The number of aryl methyl sites for hydroxylation is 1. The zero-order chi connectivity index (χ0) is 28.6. The van der Waals surface area contributed by atoms with Crippen molar-refractivity contribution in [3.63, 3.8) is 0 Å². The fraction of sp³-hybridized carbons (Fsp3) is 0.370. The number of aromatic amines is 1. The van der Waals surface area contributed by atoms with E-state index in [2.05, 4.69) is 41.2 Å². The van der Waals surface area contributed by atoms with Gasteiger partial charge in [-0.3, -0.25) is 9.89 Å². The summed E-state index contributed by atoms with van der Waals surface area (Å²) in [6.07, 6.45) is 9.97. The second kappa shape index (κ2) is 10.7. The Kier molecular flexibility index (Phi) is 6.91. The van der Waals surface area contributed by atoms with Crippen molar-refractivity contribution >= 4 is 23.1 Å². The van der Waals surface area contributed by atoms with E-state index in [-0.39, 0.29) is 17.9 Å². The third kappa shape index (κ3) is 5.25. The maximum absolute atomic E-state index is 13.5. The van der Waals surface area contributed by atoms with Crippen molar-refractivity contribution in [2.45, 2.75) is 57.1 Å². The number of hydrogen-bond donors (Lipinski definition) is 3. The van der Waals surface area contributed by atoms with Gasteiger partial charge in [0, 0.05) is 31.0 Å². The van der Waals surface area contributed by atoms with Gasteiger partial charge in [0.25, 0.3) is 5.91 Å². The highest BCUT2D eigenvalue weighted by atomic mass is 19.1. The van der Waals surface area contributed by atoms with Crippen LogP contribution < -0.4 is 10.6 Å². The van der Waals surface area contributed by atoms with Crippen molar-refractivity contribution in [1.29, 1.82) is 0 Å². The van der Waals surface area contributed by atoms with Crippen LogP contribution in [0, 0.1) is 12.7 Å². The van der Waals surface area contributed by atoms with Gasteiger partial charge in [0.1, 0.15) is 11.1 Å². The highest BCUT2D eigenvalue weighted by Crippen LogP contribution is 2.41. The molecule has 0 bridgehead atoms. The number of anilines is 2. The Bertz CT molecular complexity index is 1670. The third-order valence-electron chi connectivity index (χ3n) is 7.67. The summed E-state index contributed by atoms with van der Waals surface area (Å²) in [5.41, 5.74) is 2.49. The molecular weight excluding hydrogens is 529 g/mol. The van der Waals surface area contributed by atoms with Gasteiger partial charge in [-0.2, -0.15) is 10.2 Å². The van der Waals surface area contributed by atoms with Crippen molar-refractivity contribution in [2.24, 2.45) is 0 Å². The smallest absolute Gasteiger partial charge is 0.252 e. The van der Waals surface area contributed by atoms with Gasteiger partial charge < -0.3 is 15.4 Å². The maximum Gasteiger partial charge on any atom is 0.252 e. The first-order valence-electron chi connectivity index (χ1n) is 13.4. The summed E-state index contributed by atoms with van der Waals surface area (Å²) in [6, 6.07) is 5.16. The number of methoxy groups -OCH3 is 1. The van der Waals surface area contributed by atoms with E-state index in [1.54, 1.807) is 36.3 Å². The topological polar surface area (TPSA) is 153 Å². The molecule has 41 heavy (non-hydrogen) atoms. The number of nitrogens with one attached hydrogen (secondary N) is 3. The molecule has 0 unspecified atom stereocenters. The normalized spacial score (nSPS) is 19.8. The minimum atomic E-state index is -0.956. The molecule has 1 atom stereocenters. The van der Waals surface area contributed by atoms with Crippen molar-refractivity contribution in [2.75, 3.05) is 12.4 Å². The molecule has 0 aromatic carbocycles.